The van der Waals surface area contributed by atoms with Gasteiger partial charge in [0.25, 0.3) is 0 Å². The van der Waals surface area contributed by atoms with Crippen molar-refractivity contribution in [3.63, 3.8) is 0 Å². The van der Waals surface area contributed by atoms with Crippen LogP contribution in [-0.4, -0.2) is 104 Å². The molecule has 2 aliphatic heterocycles. The number of piperazine rings is 1. The molecule has 0 bridgehead atoms. The molecule has 0 N–H and O–H groups in total. The normalized spacial score (nSPS) is 24.9. The lowest BCUT2D eigenvalue weighted by Crippen LogP contribution is -2.53. The predicted octanol–water partition coefficient (Wildman–Crippen LogP) is 0.806. The van der Waals surface area contributed by atoms with Crippen LogP contribution < -0.4 is 4.74 Å². The standard InChI is InChI=1S/C23H34N4O4/c1-17-16-26(11-10-25(17)4)20(28)14-23(18-7-6-8-19(13-18)31-5)15-21(29)27(22(23)30)12-9-24(2)3/h6-8,13,17H,9-12,14-16H2,1-5H3/t17-,23-/m0/s1. The predicted molar refractivity (Wildman–Crippen MR) is 118 cm³/mol. The number of benzene rings is 1. The third kappa shape index (κ3) is 4.75. The summed E-state index contributed by atoms with van der Waals surface area (Å²) in [4.78, 5) is 47.2. The highest BCUT2D eigenvalue weighted by atomic mass is 16.5. The molecular formula is C23H34N4O4. The number of methoxy groups -OCH3 is 1. The molecule has 3 amide bonds. The molecule has 2 heterocycles. The van der Waals surface area contributed by atoms with Crippen LogP contribution in [0.3, 0.4) is 0 Å². The van der Waals surface area contributed by atoms with Gasteiger partial charge in [-0.3, -0.25) is 19.3 Å². The number of likely N-dealkylation sites (tertiary alicyclic amines) is 1. The maximum Gasteiger partial charge on any atom is 0.240 e. The average Bonchev–Trinajstić information content (AvgIpc) is 2.98. The van der Waals surface area contributed by atoms with E-state index >= 15 is 0 Å². The number of carbonyl (C=O) groups is 3. The van der Waals surface area contributed by atoms with Gasteiger partial charge < -0.3 is 19.4 Å². The van der Waals surface area contributed by atoms with E-state index in [9.17, 15) is 14.4 Å². The number of carbonyl (C=O) groups excluding carboxylic acids is 3. The monoisotopic (exact) mass is 430 g/mol. The van der Waals surface area contributed by atoms with Crippen LogP contribution in [0.1, 0.15) is 25.3 Å². The van der Waals surface area contributed by atoms with Crippen LogP contribution in [0.2, 0.25) is 0 Å². The fourth-order valence-corrected chi connectivity index (χ4v) is 4.36. The van der Waals surface area contributed by atoms with Crippen LogP contribution in [0.25, 0.3) is 0 Å². The third-order valence-corrected chi connectivity index (χ3v) is 6.57. The first-order valence-corrected chi connectivity index (χ1v) is 10.8. The SMILES string of the molecule is COc1cccc([C@]2(CC(=O)N3CCN(C)[C@@H](C)C3)CC(=O)N(CCN(C)C)C2=O)c1. The minimum Gasteiger partial charge on any atom is -0.497 e. The van der Waals surface area contributed by atoms with Gasteiger partial charge in [0, 0.05) is 51.6 Å². The molecule has 2 fully saturated rings. The highest BCUT2D eigenvalue weighted by Crippen LogP contribution is 2.41. The van der Waals surface area contributed by atoms with Crippen molar-refractivity contribution < 1.29 is 19.1 Å². The van der Waals surface area contributed by atoms with Gasteiger partial charge in [0.15, 0.2) is 0 Å². The van der Waals surface area contributed by atoms with E-state index in [1.165, 1.54) is 4.90 Å². The van der Waals surface area contributed by atoms with E-state index in [0.717, 1.165) is 6.54 Å². The highest BCUT2D eigenvalue weighted by Gasteiger charge is 2.54. The first kappa shape index (κ1) is 23.2. The molecule has 2 atom stereocenters. The van der Waals surface area contributed by atoms with Gasteiger partial charge in [0.1, 0.15) is 5.75 Å². The number of imide groups is 1. The number of nitrogens with zero attached hydrogens (tertiary/aromatic N) is 4. The van der Waals surface area contributed by atoms with Crippen LogP contribution >= 0.6 is 0 Å². The van der Waals surface area contributed by atoms with Crippen LogP contribution in [0, 0.1) is 0 Å². The number of rotatable bonds is 7. The van der Waals surface area contributed by atoms with Crippen molar-refractivity contribution in [2.75, 3.05) is 61.0 Å². The summed E-state index contributed by atoms with van der Waals surface area (Å²) in [7, 11) is 7.41. The fourth-order valence-electron chi connectivity index (χ4n) is 4.36. The lowest BCUT2D eigenvalue weighted by atomic mass is 9.75. The van der Waals surface area contributed by atoms with Gasteiger partial charge in [-0.1, -0.05) is 12.1 Å². The molecular weight excluding hydrogens is 396 g/mol. The first-order chi connectivity index (χ1) is 14.7. The summed E-state index contributed by atoms with van der Waals surface area (Å²) in [5.41, 5.74) is -0.533. The Balaban J connectivity index is 1.93. The van der Waals surface area contributed by atoms with Crippen molar-refractivity contribution in [3.05, 3.63) is 29.8 Å². The molecule has 1 aromatic rings. The summed E-state index contributed by atoms with van der Waals surface area (Å²) in [6.45, 7) is 5.02. The Hall–Kier alpha value is -2.45. The van der Waals surface area contributed by atoms with Crippen molar-refractivity contribution in [2.24, 2.45) is 0 Å². The fraction of sp³-hybridized carbons (Fsp3) is 0.609. The van der Waals surface area contributed by atoms with Crippen molar-refractivity contribution in [1.29, 1.82) is 0 Å². The zero-order valence-electron chi connectivity index (χ0n) is 19.3. The van der Waals surface area contributed by atoms with Gasteiger partial charge in [-0.05, 0) is 45.8 Å². The molecule has 8 nitrogen and oxygen atoms in total. The van der Waals surface area contributed by atoms with E-state index in [-0.39, 0.29) is 36.6 Å². The molecule has 2 saturated heterocycles. The highest BCUT2D eigenvalue weighted by molar-refractivity contribution is 6.10. The molecule has 0 unspecified atom stereocenters. The molecule has 2 aliphatic rings. The number of likely N-dealkylation sites (N-methyl/N-ethyl adjacent to an activating group) is 2. The van der Waals surface area contributed by atoms with Crippen LogP contribution in [0.5, 0.6) is 5.75 Å². The average molecular weight is 431 g/mol. The van der Waals surface area contributed by atoms with E-state index < -0.39 is 5.41 Å². The molecule has 31 heavy (non-hydrogen) atoms. The Morgan fingerprint density at radius 1 is 1.26 bits per heavy atom. The number of amides is 3. The maximum absolute atomic E-state index is 13.7. The molecule has 1 aromatic carbocycles. The largest absolute Gasteiger partial charge is 0.497 e. The Morgan fingerprint density at radius 2 is 2.00 bits per heavy atom. The second-order valence-corrected chi connectivity index (χ2v) is 8.99. The molecule has 0 spiro atoms. The van der Waals surface area contributed by atoms with Gasteiger partial charge in [-0.2, -0.15) is 0 Å². The van der Waals surface area contributed by atoms with E-state index in [0.29, 0.717) is 37.5 Å². The molecule has 3 rings (SSSR count). The Kier molecular flexibility index (Phi) is 7.01. The lowest BCUT2D eigenvalue weighted by molar-refractivity contribution is -0.143. The zero-order valence-corrected chi connectivity index (χ0v) is 19.3. The zero-order chi connectivity index (χ0) is 22.8. The summed E-state index contributed by atoms with van der Waals surface area (Å²) in [5, 5.41) is 0. The van der Waals surface area contributed by atoms with Crippen molar-refractivity contribution in [2.45, 2.75) is 31.2 Å². The maximum atomic E-state index is 13.7. The summed E-state index contributed by atoms with van der Waals surface area (Å²) in [5.74, 6) is 0.000239. The van der Waals surface area contributed by atoms with Crippen LogP contribution in [0.4, 0.5) is 0 Å². The Morgan fingerprint density at radius 3 is 2.65 bits per heavy atom. The number of ether oxygens (including phenoxy) is 1. The van der Waals surface area contributed by atoms with Crippen molar-refractivity contribution in [3.8, 4) is 5.75 Å². The second kappa shape index (κ2) is 9.36. The van der Waals surface area contributed by atoms with Gasteiger partial charge in [0.2, 0.25) is 17.7 Å². The molecule has 8 heteroatoms. The van der Waals surface area contributed by atoms with Crippen LogP contribution in [0.15, 0.2) is 24.3 Å². The van der Waals surface area contributed by atoms with Crippen LogP contribution in [-0.2, 0) is 19.8 Å². The summed E-state index contributed by atoms with van der Waals surface area (Å²) in [6.07, 6.45) is -0.0128. The Bertz CT molecular complexity index is 843. The second-order valence-electron chi connectivity index (χ2n) is 8.99. The summed E-state index contributed by atoms with van der Waals surface area (Å²) < 4.78 is 5.36. The minimum absolute atomic E-state index is 0.00145. The Labute approximate surface area is 184 Å². The third-order valence-electron chi connectivity index (χ3n) is 6.57. The van der Waals surface area contributed by atoms with Gasteiger partial charge in [-0.25, -0.2) is 0 Å². The molecule has 0 aliphatic carbocycles. The smallest absolute Gasteiger partial charge is 0.240 e. The summed E-state index contributed by atoms with van der Waals surface area (Å²) >= 11 is 0. The molecule has 170 valence electrons. The van der Waals surface area contributed by atoms with Gasteiger partial charge >= 0.3 is 0 Å². The van der Waals surface area contributed by atoms with Gasteiger partial charge in [-0.15, -0.1) is 0 Å². The van der Waals surface area contributed by atoms with Gasteiger partial charge in [0.05, 0.1) is 12.5 Å². The van der Waals surface area contributed by atoms with E-state index in [1.807, 2.05) is 37.0 Å². The minimum atomic E-state index is -1.19. The molecule has 0 radical (unpaired) electrons. The van der Waals surface area contributed by atoms with Crippen molar-refractivity contribution in [1.82, 2.24) is 19.6 Å². The number of hydrogen-bond acceptors (Lipinski definition) is 6. The lowest BCUT2D eigenvalue weighted by Gasteiger charge is -2.39. The number of hydrogen-bond donors (Lipinski definition) is 0. The first-order valence-electron chi connectivity index (χ1n) is 10.8. The van der Waals surface area contributed by atoms with E-state index in [2.05, 4.69) is 11.8 Å². The van der Waals surface area contributed by atoms with Crippen molar-refractivity contribution >= 4 is 17.7 Å². The molecule has 0 aromatic heterocycles. The van der Waals surface area contributed by atoms with E-state index in [4.69, 9.17) is 4.74 Å². The topological polar surface area (TPSA) is 73.4 Å². The quantitative estimate of drug-likeness (QED) is 0.596. The summed E-state index contributed by atoms with van der Waals surface area (Å²) in [6, 6.07) is 7.46. The van der Waals surface area contributed by atoms with E-state index in [1.54, 1.807) is 25.3 Å². The molecule has 0 saturated carbocycles.